The molecule has 0 spiro atoms. The molecule has 1 aliphatic heterocycles. The van der Waals surface area contributed by atoms with Crippen LogP contribution in [0.3, 0.4) is 0 Å². The number of para-hydroxylation sites is 1. The Hall–Kier alpha value is -1.75. The second-order valence-electron chi connectivity index (χ2n) is 7.94. The summed E-state index contributed by atoms with van der Waals surface area (Å²) < 4.78 is 5.47. The van der Waals surface area contributed by atoms with Gasteiger partial charge in [0.05, 0.1) is 6.61 Å². The quantitative estimate of drug-likeness (QED) is 0.743. The number of piperidine rings is 1. The number of phenolic OH excluding ortho intramolecular Hbond substituents is 1. The van der Waals surface area contributed by atoms with E-state index in [1.54, 1.807) is 6.07 Å². The molecule has 1 saturated heterocycles. The lowest BCUT2D eigenvalue weighted by Crippen LogP contribution is -2.43. The van der Waals surface area contributed by atoms with Gasteiger partial charge in [0, 0.05) is 24.1 Å². The van der Waals surface area contributed by atoms with E-state index in [0.717, 1.165) is 44.3 Å². The van der Waals surface area contributed by atoms with Crippen molar-refractivity contribution < 1.29 is 14.6 Å². The van der Waals surface area contributed by atoms with Gasteiger partial charge in [-0.1, -0.05) is 37.8 Å². The highest BCUT2D eigenvalue weighted by molar-refractivity contribution is 5.79. The summed E-state index contributed by atoms with van der Waals surface area (Å²) in [5.41, 5.74) is 0.891. The predicted octanol–water partition coefficient (Wildman–Crippen LogP) is 3.84. The van der Waals surface area contributed by atoms with E-state index in [1.807, 2.05) is 19.1 Å². The molecule has 150 valence electrons. The van der Waals surface area contributed by atoms with Gasteiger partial charge < -0.3 is 15.2 Å². The van der Waals surface area contributed by atoms with Crippen molar-refractivity contribution in [3.63, 3.8) is 0 Å². The van der Waals surface area contributed by atoms with Crippen molar-refractivity contribution in [2.24, 2.45) is 5.92 Å². The van der Waals surface area contributed by atoms with Crippen LogP contribution < -0.4 is 10.1 Å². The fourth-order valence-electron chi connectivity index (χ4n) is 4.30. The highest BCUT2D eigenvalue weighted by Gasteiger charge is 2.27. The molecule has 0 bridgehead atoms. The monoisotopic (exact) mass is 374 g/mol. The number of benzene rings is 1. The van der Waals surface area contributed by atoms with Gasteiger partial charge in [0.1, 0.15) is 0 Å². The number of nitrogens with one attached hydrogen (secondary N) is 1. The molecule has 1 aromatic carbocycles. The summed E-state index contributed by atoms with van der Waals surface area (Å²) in [6.45, 7) is 4.93. The predicted molar refractivity (Wildman–Crippen MR) is 107 cm³/mol. The number of hydrogen-bond acceptors (Lipinski definition) is 4. The van der Waals surface area contributed by atoms with Gasteiger partial charge in [-0.3, -0.25) is 9.69 Å². The van der Waals surface area contributed by atoms with Gasteiger partial charge in [-0.15, -0.1) is 0 Å². The third kappa shape index (κ3) is 5.61. The zero-order valence-electron chi connectivity index (χ0n) is 16.6. The molecular formula is C22H34N2O3. The highest BCUT2D eigenvalue weighted by atomic mass is 16.5. The lowest BCUT2D eigenvalue weighted by Gasteiger charge is -2.32. The van der Waals surface area contributed by atoms with Gasteiger partial charge in [0.25, 0.3) is 0 Å². The lowest BCUT2D eigenvalue weighted by molar-refractivity contribution is -0.127. The molecule has 27 heavy (non-hydrogen) atoms. The Morgan fingerprint density at radius 1 is 1.15 bits per heavy atom. The molecule has 3 rings (SSSR count). The molecule has 0 radical (unpaired) electrons. The average molecular weight is 375 g/mol. The van der Waals surface area contributed by atoms with Crippen LogP contribution in [0.1, 0.15) is 63.9 Å². The first kappa shape index (κ1) is 20.0. The molecule has 1 aliphatic carbocycles. The SMILES string of the molecule is CCOc1cccc(CN2CCC(C(=O)NC3CCCCCC3)CC2)c1O. The maximum atomic E-state index is 12.6. The largest absolute Gasteiger partial charge is 0.504 e. The molecule has 1 aromatic rings. The zero-order valence-corrected chi connectivity index (χ0v) is 16.6. The van der Waals surface area contributed by atoms with Crippen molar-refractivity contribution in [2.75, 3.05) is 19.7 Å². The summed E-state index contributed by atoms with van der Waals surface area (Å²) in [5.74, 6) is 1.18. The third-order valence-corrected chi connectivity index (χ3v) is 5.94. The van der Waals surface area contributed by atoms with Gasteiger partial charge in [0.15, 0.2) is 11.5 Å². The Labute approximate surface area is 163 Å². The van der Waals surface area contributed by atoms with E-state index in [1.165, 1.54) is 25.7 Å². The molecule has 0 aromatic heterocycles. The third-order valence-electron chi connectivity index (χ3n) is 5.94. The van der Waals surface area contributed by atoms with Crippen molar-refractivity contribution in [1.29, 1.82) is 0 Å². The van der Waals surface area contributed by atoms with Crippen molar-refractivity contribution in [2.45, 2.75) is 70.9 Å². The molecular weight excluding hydrogens is 340 g/mol. The average Bonchev–Trinajstić information content (AvgIpc) is 2.94. The summed E-state index contributed by atoms with van der Waals surface area (Å²) in [6.07, 6.45) is 9.17. The highest BCUT2D eigenvalue weighted by Crippen LogP contribution is 2.31. The first-order valence-corrected chi connectivity index (χ1v) is 10.6. The summed E-state index contributed by atoms with van der Waals surface area (Å²) in [4.78, 5) is 14.9. The molecule has 1 heterocycles. The van der Waals surface area contributed by atoms with E-state index in [4.69, 9.17) is 4.74 Å². The zero-order chi connectivity index (χ0) is 19.1. The molecule has 2 N–H and O–H groups in total. The molecule has 1 amide bonds. The number of nitrogens with zero attached hydrogens (tertiary/aromatic N) is 1. The van der Waals surface area contributed by atoms with Gasteiger partial charge >= 0.3 is 0 Å². The Morgan fingerprint density at radius 3 is 2.52 bits per heavy atom. The number of aromatic hydroxyl groups is 1. The number of carbonyl (C=O) groups is 1. The normalized spacial score (nSPS) is 20.2. The van der Waals surface area contributed by atoms with E-state index in [0.29, 0.717) is 24.9 Å². The van der Waals surface area contributed by atoms with E-state index in [2.05, 4.69) is 10.2 Å². The number of phenols is 1. The van der Waals surface area contributed by atoms with Gasteiger partial charge in [-0.25, -0.2) is 0 Å². The molecule has 1 saturated carbocycles. The smallest absolute Gasteiger partial charge is 0.223 e. The van der Waals surface area contributed by atoms with Crippen LogP contribution in [0.5, 0.6) is 11.5 Å². The van der Waals surface area contributed by atoms with E-state index >= 15 is 0 Å². The molecule has 2 fully saturated rings. The fourth-order valence-corrected chi connectivity index (χ4v) is 4.30. The van der Waals surface area contributed by atoms with Gasteiger partial charge in [-0.05, 0) is 51.8 Å². The summed E-state index contributed by atoms with van der Waals surface area (Å²) in [5, 5.41) is 13.7. The van der Waals surface area contributed by atoms with Crippen LogP contribution in [0.15, 0.2) is 18.2 Å². The molecule has 5 nitrogen and oxygen atoms in total. The maximum absolute atomic E-state index is 12.6. The Morgan fingerprint density at radius 2 is 1.85 bits per heavy atom. The number of amides is 1. The first-order valence-electron chi connectivity index (χ1n) is 10.6. The maximum Gasteiger partial charge on any atom is 0.223 e. The second-order valence-corrected chi connectivity index (χ2v) is 7.94. The van der Waals surface area contributed by atoms with Crippen LogP contribution >= 0.6 is 0 Å². The second kappa shape index (κ2) is 9.98. The van der Waals surface area contributed by atoms with Crippen molar-refractivity contribution >= 4 is 5.91 Å². The van der Waals surface area contributed by atoms with Crippen LogP contribution in [0.25, 0.3) is 0 Å². The van der Waals surface area contributed by atoms with Crippen LogP contribution in [0.4, 0.5) is 0 Å². The van der Waals surface area contributed by atoms with Crippen LogP contribution in [-0.4, -0.2) is 41.7 Å². The number of rotatable bonds is 6. The lowest BCUT2D eigenvalue weighted by atomic mass is 9.94. The summed E-state index contributed by atoms with van der Waals surface area (Å²) in [6, 6.07) is 6.05. The topological polar surface area (TPSA) is 61.8 Å². The Bertz CT molecular complexity index is 604. The van der Waals surface area contributed by atoms with Gasteiger partial charge in [0.2, 0.25) is 5.91 Å². The minimum absolute atomic E-state index is 0.132. The summed E-state index contributed by atoms with van der Waals surface area (Å²) in [7, 11) is 0. The first-order chi connectivity index (χ1) is 13.2. The van der Waals surface area contributed by atoms with E-state index in [-0.39, 0.29) is 17.6 Å². The number of carbonyl (C=O) groups excluding carboxylic acids is 1. The Balaban J connectivity index is 1.47. The van der Waals surface area contributed by atoms with Crippen molar-refractivity contribution in [3.05, 3.63) is 23.8 Å². The van der Waals surface area contributed by atoms with Crippen molar-refractivity contribution in [3.8, 4) is 11.5 Å². The fraction of sp³-hybridized carbons (Fsp3) is 0.682. The minimum Gasteiger partial charge on any atom is -0.504 e. The van der Waals surface area contributed by atoms with E-state index in [9.17, 15) is 9.90 Å². The molecule has 5 heteroatoms. The van der Waals surface area contributed by atoms with Crippen molar-refractivity contribution in [1.82, 2.24) is 10.2 Å². The van der Waals surface area contributed by atoms with Crippen LogP contribution in [0.2, 0.25) is 0 Å². The number of ether oxygens (including phenoxy) is 1. The van der Waals surface area contributed by atoms with Crippen LogP contribution in [-0.2, 0) is 11.3 Å². The number of likely N-dealkylation sites (tertiary alicyclic amines) is 1. The number of hydrogen-bond donors (Lipinski definition) is 2. The standard InChI is InChI=1S/C22H34N2O3/c1-2-27-20-11-7-8-18(21(20)25)16-24-14-12-17(13-15-24)22(26)23-19-9-5-3-4-6-10-19/h7-8,11,17,19,25H,2-6,9-10,12-16H2,1H3,(H,23,26). The molecule has 2 aliphatic rings. The van der Waals surface area contributed by atoms with E-state index < -0.39 is 0 Å². The van der Waals surface area contributed by atoms with Crippen LogP contribution in [0, 0.1) is 5.92 Å². The molecule has 0 unspecified atom stereocenters. The molecule has 0 atom stereocenters. The Kier molecular flexibility index (Phi) is 7.39. The minimum atomic E-state index is 0.132. The summed E-state index contributed by atoms with van der Waals surface area (Å²) >= 11 is 0. The van der Waals surface area contributed by atoms with Gasteiger partial charge in [-0.2, -0.15) is 0 Å².